The molecule has 24 heavy (non-hydrogen) atoms. The summed E-state index contributed by atoms with van der Waals surface area (Å²) in [6.45, 7) is 4.22. The number of carbonyl (C=O) groups excluding carboxylic acids is 2. The molecule has 0 bridgehead atoms. The maximum atomic E-state index is 12.0. The van der Waals surface area contributed by atoms with Gasteiger partial charge in [0.25, 0.3) is 0 Å². The summed E-state index contributed by atoms with van der Waals surface area (Å²) in [7, 11) is 5.63. The summed E-state index contributed by atoms with van der Waals surface area (Å²) in [6.07, 6.45) is 1.25. The van der Waals surface area contributed by atoms with Gasteiger partial charge in [-0.1, -0.05) is 12.1 Å². The molecule has 0 atom stereocenters. The minimum atomic E-state index is -0.0445. The highest BCUT2D eigenvalue weighted by Gasteiger charge is 2.09. The molecule has 0 saturated heterocycles. The van der Waals surface area contributed by atoms with Crippen molar-refractivity contribution in [3.63, 3.8) is 0 Å². The number of ether oxygens (including phenoxy) is 1. The standard InChI is InChI=1S/C18H29N3O3/c1-15(22)21(12-5-11-20(2)3)13-10-19-18(23)14-16-6-8-17(24-4)9-7-16/h6-9H,5,10-14H2,1-4H3,(H,19,23). The van der Waals surface area contributed by atoms with Gasteiger partial charge < -0.3 is 19.9 Å². The van der Waals surface area contributed by atoms with Crippen molar-refractivity contribution in [3.8, 4) is 5.75 Å². The number of nitrogens with zero attached hydrogens (tertiary/aromatic N) is 2. The summed E-state index contributed by atoms with van der Waals surface area (Å²) in [5.41, 5.74) is 0.933. The molecule has 2 amide bonds. The molecular formula is C18H29N3O3. The molecule has 0 radical (unpaired) electrons. The van der Waals surface area contributed by atoms with Gasteiger partial charge in [0.2, 0.25) is 11.8 Å². The first-order valence-electron chi connectivity index (χ1n) is 8.22. The van der Waals surface area contributed by atoms with Gasteiger partial charge in [0.1, 0.15) is 5.75 Å². The van der Waals surface area contributed by atoms with E-state index in [0.717, 1.165) is 24.3 Å². The highest BCUT2D eigenvalue weighted by atomic mass is 16.5. The van der Waals surface area contributed by atoms with Gasteiger partial charge in [0, 0.05) is 26.6 Å². The first-order valence-corrected chi connectivity index (χ1v) is 8.22. The number of rotatable bonds is 10. The topological polar surface area (TPSA) is 61.9 Å². The summed E-state index contributed by atoms with van der Waals surface area (Å²) in [5.74, 6) is 0.768. The van der Waals surface area contributed by atoms with Crippen LogP contribution in [0.1, 0.15) is 18.9 Å². The Morgan fingerprint density at radius 1 is 1.08 bits per heavy atom. The molecular weight excluding hydrogens is 306 g/mol. The van der Waals surface area contributed by atoms with E-state index in [1.165, 1.54) is 0 Å². The monoisotopic (exact) mass is 335 g/mol. The zero-order valence-corrected chi connectivity index (χ0v) is 15.2. The Morgan fingerprint density at radius 3 is 2.29 bits per heavy atom. The largest absolute Gasteiger partial charge is 0.497 e. The first-order chi connectivity index (χ1) is 11.4. The van der Waals surface area contributed by atoms with E-state index in [4.69, 9.17) is 4.74 Å². The molecule has 134 valence electrons. The molecule has 0 aliphatic heterocycles. The molecule has 6 heteroatoms. The number of amides is 2. The Balaban J connectivity index is 2.32. The number of hydrogen-bond acceptors (Lipinski definition) is 4. The van der Waals surface area contributed by atoms with E-state index in [0.29, 0.717) is 26.1 Å². The van der Waals surface area contributed by atoms with Gasteiger partial charge in [-0.15, -0.1) is 0 Å². The molecule has 0 unspecified atom stereocenters. The van der Waals surface area contributed by atoms with Gasteiger partial charge in [0.15, 0.2) is 0 Å². The SMILES string of the molecule is COc1ccc(CC(=O)NCCN(CCCN(C)C)C(C)=O)cc1. The van der Waals surface area contributed by atoms with Crippen LogP contribution < -0.4 is 10.1 Å². The minimum Gasteiger partial charge on any atom is -0.497 e. The van der Waals surface area contributed by atoms with Crippen molar-refractivity contribution in [1.29, 1.82) is 0 Å². The molecule has 1 aromatic carbocycles. The van der Waals surface area contributed by atoms with Crippen LogP contribution in [0.15, 0.2) is 24.3 Å². The second kappa shape index (κ2) is 10.6. The Bertz CT molecular complexity index is 515. The highest BCUT2D eigenvalue weighted by molar-refractivity contribution is 5.78. The van der Waals surface area contributed by atoms with Crippen LogP contribution in [0.3, 0.4) is 0 Å². The summed E-state index contributed by atoms with van der Waals surface area (Å²) in [6, 6.07) is 7.43. The predicted octanol–water partition coefficient (Wildman–Crippen LogP) is 1.15. The molecule has 0 spiro atoms. The lowest BCUT2D eigenvalue weighted by Gasteiger charge is -2.22. The van der Waals surface area contributed by atoms with Crippen molar-refractivity contribution in [2.75, 3.05) is 47.4 Å². The number of nitrogens with one attached hydrogen (secondary N) is 1. The van der Waals surface area contributed by atoms with E-state index in [1.54, 1.807) is 18.9 Å². The van der Waals surface area contributed by atoms with Gasteiger partial charge in [0.05, 0.1) is 13.5 Å². The number of benzene rings is 1. The molecule has 0 heterocycles. The molecule has 6 nitrogen and oxygen atoms in total. The number of methoxy groups -OCH3 is 1. The molecule has 0 aliphatic carbocycles. The van der Waals surface area contributed by atoms with Gasteiger partial charge in [-0.3, -0.25) is 9.59 Å². The van der Waals surface area contributed by atoms with Crippen LogP contribution in [0.5, 0.6) is 5.75 Å². The highest BCUT2D eigenvalue weighted by Crippen LogP contribution is 2.11. The van der Waals surface area contributed by atoms with Gasteiger partial charge in [-0.05, 0) is 44.8 Å². The molecule has 1 aromatic rings. The zero-order chi connectivity index (χ0) is 17.9. The predicted molar refractivity (Wildman–Crippen MR) is 95.1 cm³/mol. The summed E-state index contributed by atoms with van der Waals surface area (Å²) >= 11 is 0. The second-order valence-corrected chi connectivity index (χ2v) is 6.04. The van der Waals surface area contributed by atoms with Crippen molar-refractivity contribution in [3.05, 3.63) is 29.8 Å². The molecule has 0 fully saturated rings. The van der Waals surface area contributed by atoms with Crippen molar-refractivity contribution in [2.24, 2.45) is 0 Å². The van der Waals surface area contributed by atoms with Crippen LogP contribution in [0.2, 0.25) is 0 Å². The maximum Gasteiger partial charge on any atom is 0.224 e. The summed E-state index contributed by atoms with van der Waals surface area (Å²) in [4.78, 5) is 27.5. The summed E-state index contributed by atoms with van der Waals surface area (Å²) in [5, 5.41) is 2.87. The van der Waals surface area contributed by atoms with Crippen molar-refractivity contribution in [1.82, 2.24) is 15.1 Å². The van der Waals surface area contributed by atoms with Crippen LogP contribution in [-0.2, 0) is 16.0 Å². The quantitative estimate of drug-likeness (QED) is 0.697. The van der Waals surface area contributed by atoms with Crippen LogP contribution in [0.25, 0.3) is 0 Å². The van der Waals surface area contributed by atoms with Crippen LogP contribution in [0, 0.1) is 0 Å². The van der Waals surface area contributed by atoms with E-state index >= 15 is 0 Å². The van der Waals surface area contributed by atoms with E-state index in [-0.39, 0.29) is 11.8 Å². The maximum absolute atomic E-state index is 12.0. The Morgan fingerprint density at radius 2 is 1.75 bits per heavy atom. The fourth-order valence-electron chi connectivity index (χ4n) is 2.33. The Hall–Kier alpha value is -2.08. The van der Waals surface area contributed by atoms with E-state index < -0.39 is 0 Å². The number of hydrogen-bond donors (Lipinski definition) is 1. The van der Waals surface area contributed by atoms with Crippen LogP contribution in [0.4, 0.5) is 0 Å². The van der Waals surface area contributed by atoms with Gasteiger partial charge >= 0.3 is 0 Å². The second-order valence-electron chi connectivity index (χ2n) is 6.04. The lowest BCUT2D eigenvalue weighted by atomic mass is 10.1. The van der Waals surface area contributed by atoms with E-state index in [1.807, 2.05) is 38.4 Å². The smallest absolute Gasteiger partial charge is 0.224 e. The van der Waals surface area contributed by atoms with E-state index in [9.17, 15) is 9.59 Å². The average Bonchev–Trinajstić information content (AvgIpc) is 2.53. The fraction of sp³-hybridized carbons (Fsp3) is 0.556. The average molecular weight is 335 g/mol. The normalized spacial score (nSPS) is 10.5. The fourth-order valence-corrected chi connectivity index (χ4v) is 2.33. The minimum absolute atomic E-state index is 0.0400. The van der Waals surface area contributed by atoms with E-state index in [2.05, 4.69) is 10.2 Å². The molecule has 0 aliphatic rings. The molecule has 1 rings (SSSR count). The zero-order valence-electron chi connectivity index (χ0n) is 15.2. The molecule has 0 saturated carbocycles. The van der Waals surface area contributed by atoms with Crippen molar-refractivity contribution < 1.29 is 14.3 Å². The third kappa shape index (κ3) is 7.97. The van der Waals surface area contributed by atoms with Crippen molar-refractivity contribution in [2.45, 2.75) is 19.8 Å². The molecule has 1 N–H and O–H groups in total. The first kappa shape index (κ1) is 20.0. The van der Waals surface area contributed by atoms with Crippen LogP contribution >= 0.6 is 0 Å². The lowest BCUT2D eigenvalue weighted by Crippen LogP contribution is -2.39. The Labute approximate surface area is 144 Å². The third-order valence-corrected chi connectivity index (χ3v) is 3.71. The van der Waals surface area contributed by atoms with Crippen molar-refractivity contribution >= 4 is 11.8 Å². The van der Waals surface area contributed by atoms with Gasteiger partial charge in [-0.25, -0.2) is 0 Å². The summed E-state index contributed by atoms with van der Waals surface area (Å²) < 4.78 is 5.09. The Kier molecular flexibility index (Phi) is 8.86. The number of carbonyl (C=O) groups is 2. The lowest BCUT2D eigenvalue weighted by molar-refractivity contribution is -0.129. The van der Waals surface area contributed by atoms with Crippen LogP contribution in [-0.4, -0.2) is 69.0 Å². The molecule has 0 aromatic heterocycles. The third-order valence-electron chi connectivity index (χ3n) is 3.71. The van der Waals surface area contributed by atoms with Gasteiger partial charge in [-0.2, -0.15) is 0 Å².